The molecule has 178 valence electrons. The van der Waals surface area contributed by atoms with Crippen molar-refractivity contribution in [1.82, 2.24) is 10.2 Å². The Labute approximate surface area is 200 Å². The van der Waals surface area contributed by atoms with Crippen molar-refractivity contribution in [2.75, 3.05) is 23.9 Å². The van der Waals surface area contributed by atoms with Gasteiger partial charge in [0.1, 0.15) is 12.4 Å². The van der Waals surface area contributed by atoms with E-state index in [0.29, 0.717) is 0 Å². The maximum absolute atomic E-state index is 14.5. The Morgan fingerprint density at radius 3 is 2.18 bits per heavy atom. The quantitative estimate of drug-likeness (QED) is 0.503. The molecule has 0 aromatic heterocycles. The maximum atomic E-state index is 14.5. The lowest BCUT2D eigenvalue weighted by molar-refractivity contribution is -0.119. The second-order valence-corrected chi connectivity index (χ2v) is 10.2. The van der Waals surface area contributed by atoms with Crippen molar-refractivity contribution in [3.05, 3.63) is 95.8 Å². The van der Waals surface area contributed by atoms with Crippen LogP contribution in [-0.2, 0) is 27.9 Å². The van der Waals surface area contributed by atoms with Crippen molar-refractivity contribution in [3.8, 4) is 0 Å². The summed E-state index contributed by atoms with van der Waals surface area (Å²) in [5.74, 6) is -1.24. The SMILES string of the molecule is O=C(CN(c1ccccc1F)S(=O)(=O)c1ccccc1)NCc1ccc(CN2CCCC2)cc1. The molecule has 4 rings (SSSR count). The molecule has 3 aromatic carbocycles. The molecule has 0 bridgehead atoms. The highest BCUT2D eigenvalue weighted by Gasteiger charge is 2.28. The van der Waals surface area contributed by atoms with Gasteiger partial charge in [-0.1, -0.05) is 54.6 Å². The molecule has 0 radical (unpaired) electrons. The third-order valence-electron chi connectivity index (χ3n) is 5.86. The molecule has 1 aliphatic rings. The number of carbonyl (C=O) groups is 1. The number of nitrogens with zero attached hydrogens (tertiary/aromatic N) is 2. The first-order valence-electron chi connectivity index (χ1n) is 11.3. The molecule has 0 spiro atoms. The minimum atomic E-state index is -4.14. The summed E-state index contributed by atoms with van der Waals surface area (Å²) in [5.41, 5.74) is 1.95. The predicted octanol–water partition coefficient (Wildman–Crippen LogP) is 3.93. The van der Waals surface area contributed by atoms with Gasteiger partial charge in [0.05, 0.1) is 10.6 Å². The van der Waals surface area contributed by atoms with Gasteiger partial charge in [0.2, 0.25) is 5.91 Å². The van der Waals surface area contributed by atoms with E-state index in [1.54, 1.807) is 18.2 Å². The lowest BCUT2D eigenvalue weighted by atomic mass is 10.1. The lowest BCUT2D eigenvalue weighted by Crippen LogP contribution is -2.41. The van der Waals surface area contributed by atoms with E-state index in [9.17, 15) is 17.6 Å². The Morgan fingerprint density at radius 2 is 1.50 bits per heavy atom. The molecular weight excluding hydrogens is 453 g/mol. The summed E-state index contributed by atoms with van der Waals surface area (Å²) < 4.78 is 41.8. The summed E-state index contributed by atoms with van der Waals surface area (Å²) in [5, 5.41) is 2.76. The second-order valence-electron chi connectivity index (χ2n) is 8.35. The summed E-state index contributed by atoms with van der Waals surface area (Å²) in [6.07, 6.45) is 2.49. The van der Waals surface area contributed by atoms with E-state index in [4.69, 9.17) is 0 Å². The number of sulfonamides is 1. The fraction of sp³-hybridized carbons (Fsp3) is 0.269. The van der Waals surface area contributed by atoms with Crippen LogP contribution >= 0.6 is 0 Å². The standard InChI is InChI=1S/C26H28FN3O3S/c27-24-10-4-5-11-25(24)30(34(32,33)23-8-2-1-3-9-23)20-26(31)28-18-21-12-14-22(15-13-21)19-29-16-6-7-17-29/h1-5,8-15H,6-7,16-20H2,(H,28,31). The van der Waals surface area contributed by atoms with Gasteiger partial charge in [0.25, 0.3) is 10.0 Å². The average molecular weight is 482 g/mol. The number of hydrogen-bond acceptors (Lipinski definition) is 4. The van der Waals surface area contributed by atoms with E-state index in [1.807, 2.05) is 24.3 Å². The van der Waals surface area contributed by atoms with Crippen molar-refractivity contribution < 1.29 is 17.6 Å². The lowest BCUT2D eigenvalue weighted by Gasteiger charge is -2.24. The van der Waals surface area contributed by atoms with Crippen LogP contribution in [0.5, 0.6) is 0 Å². The van der Waals surface area contributed by atoms with E-state index in [-0.39, 0.29) is 17.1 Å². The number of rotatable bonds is 9. The molecule has 0 unspecified atom stereocenters. The number of hydrogen-bond donors (Lipinski definition) is 1. The van der Waals surface area contributed by atoms with Crippen molar-refractivity contribution >= 4 is 21.6 Å². The van der Waals surface area contributed by atoms with Gasteiger partial charge >= 0.3 is 0 Å². The van der Waals surface area contributed by atoms with Crippen LogP contribution < -0.4 is 9.62 Å². The number of halogens is 1. The van der Waals surface area contributed by atoms with Crippen LogP contribution in [-0.4, -0.2) is 38.9 Å². The van der Waals surface area contributed by atoms with Crippen LogP contribution in [0.2, 0.25) is 0 Å². The summed E-state index contributed by atoms with van der Waals surface area (Å²) >= 11 is 0. The molecule has 34 heavy (non-hydrogen) atoms. The van der Waals surface area contributed by atoms with E-state index in [2.05, 4.69) is 10.2 Å². The monoisotopic (exact) mass is 481 g/mol. The van der Waals surface area contributed by atoms with Crippen LogP contribution in [0, 0.1) is 5.82 Å². The fourth-order valence-electron chi connectivity index (χ4n) is 4.02. The van der Waals surface area contributed by atoms with E-state index in [0.717, 1.165) is 29.5 Å². The summed E-state index contributed by atoms with van der Waals surface area (Å²) in [6.45, 7) is 2.89. The zero-order valence-electron chi connectivity index (χ0n) is 18.9. The summed E-state index contributed by atoms with van der Waals surface area (Å²) in [6, 6.07) is 21.2. The Bertz CT molecular complexity index is 1210. The maximum Gasteiger partial charge on any atom is 0.264 e. The minimum absolute atomic E-state index is 0.0142. The molecule has 1 saturated heterocycles. The van der Waals surface area contributed by atoms with Crippen LogP contribution in [0.4, 0.5) is 10.1 Å². The topological polar surface area (TPSA) is 69.7 Å². The molecule has 0 aliphatic carbocycles. The molecule has 1 aliphatic heterocycles. The average Bonchev–Trinajstić information content (AvgIpc) is 3.36. The van der Waals surface area contributed by atoms with E-state index < -0.39 is 28.3 Å². The van der Waals surface area contributed by atoms with Gasteiger partial charge in [0.15, 0.2) is 0 Å². The largest absolute Gasteiger partial charge is 0.350 e. The van der Waals surface area contributed by atoms with E-state index >= 15 is 0 Å². The Morgan fingerprint density at radius 1 is 0.882 bits per heavy atom. The van der Waals surface area contributed by atoms with Gasteiger partial charge in [-0.05, 0) is 61.3 Å². The fourth-order valence-corrected chi connectivity index (χ4v) is 5.47. The molecule has 0 saturated carbocycles. The smallest absolute Gasteiger partial charge is 0.264 e. The van der Waals surface area contributed by atoms with Crippen molar-refractivity contribution in [1.29, 1.82) is 0 Å². The Kier molecular flexibility index (Phi) is 7.59. The molecule has 1 fully saturated rings. The summed E-state index contributed by atoms with van der Waals surface area (Å²) in [4.78, 5) is 15.1. The molecule has 1 N–H and O–H groups in total. The Hall–Kier alpha value is -3.23. The molecule has 3 aromatic rings. The third kappa shape index (κ3) is 5.81. The number of carbonyl (C=O) groups excluding carboxylic acids is 1. The number of anilines is 1. The first kappa shape index (κ1) is 23.9. The van der Waals surface area contributed by atoms with Crippen molar-refractivity contribution in [3.63, 3.8) is 0 Å². The third-order valence-corrected chi connectivity index (χ3v) is 7.63. The predicted molar refractivity (Wildman–Crippen MR) is 130 cm³/mol. The van der Waals surface area contributed by atoms with Gasteiger partial charge < -0.3 is 5.32 Å². The van der Waals surface area contributed by atoms with Gasteiger partial charge in [-0.15, -0.1) is 0 Å². The van der Waals surface area contributed by atoms with Crippen molar-refractivity contribution in [2.45, 2.75) is 30.8 Å². The molecule has 1 amide bonds. The number of nitrogens with one attached hydrogen (secondary N) is 1. The highest BCUT2D eigenvalue weighted by Crippen LogP contribution is 2.26. The first-order chi connectivity index (χ1) is 16.4. The van der Waals surface area contributed by atoms with Crippen LogP contribution in [0.15, 0.2) is 83.8 Å². The van der Waals surface area contributed by atoms with Gasteiger partial charge in [-0.2, -0.15) is 0 Å². The second kappa shape index (κ2) is 10.8. The molecule has 8 heteroatoms. The zero-order chi connectivity index (χ0) is 24.0. The molecule has 0 atom stereocenters. The zero-order valence-corrected chi connectivity index (χ0v) is 19.7. The first-order valence-corrected chi connectivity index (χ1v) is 12.8. The number of para-hydroxylation sites is 1. The number of benzene rings is 3. The van der Waals surface area contributed by atoms with E-state index in [1.165, 1.54) is 54.8 Å². The minimum Gasteiger partial charge on any atom is -0.350 e. The van der Waals surface area contributed by atoms with Gasteiger partial charge in [0, 0.05) is 13.1 Å². The number of likely N-dealkylation sites (tertiary alicyclic amines) is 1. The molecule has 6 nitrogen and oxygen atoms in total. The number of amides is 1. The highest BCUT2D eigenvalue weighted by atomic mass is 32.2. The molecular formula is C26H28FN3O3S. The molecule has 1 heterocycles. The normalized spacial score (nSPS) is 14.1. The van der Waals surface area contributed by atoms with Crippen molar-refractivity contribution in [2.24, 2.45) is 0 Å². The summed E-state index contributed by atoms with van der Waals surface area (Å²) in [7, 11) is -4.14. The Balaban J connectivity index is 1.44. The van der Waals surface area contributed by atoms with Crippen LogP contribution in [0.3, 0.4) is 0 Å². The van der Waals surface area contributed by atoms with Gasteiger partial charge in [-0.25, -0.2) is 12.8 Å². The highest BCUT2D eigenvalue weighted by molar-refractivity contribution is 7.92. The van der Waals surface area contributed by atoms with Gasteiger partial charge in [-0.3, -0.25) is 14.0 Å². The van der Waals surface area contributed by atoms with Crippen LogP contribution in [0.25, 0.3) is 0 Å². The van der Waals surface area contributed by atoms with Crippen LogP contribution in [0.1, 0.15) is 24.0 Å².